The first-order chi connectivity index (χ1) is 6.75. The molecule has 0 fully saturated rings. The summed E-state index contributed by atoms with van der Waals surface area (Å²) in [5, 5.41) is 2.17. The number of aryl methyl sites for hydroxylation is 1. The van der Waals surface area contributed by atoms with Gasteiger partial charge in [-0.3, -0.25) is 0 Å². The van der Waals surface area contributed by atoms with E-state index in [4.69, 9.17) is 5.73 Å². The number of thiophene rings is 1. The van der Waals surface area contributed by atoms with Gasteiger partial charge in [0, 0.05) is 17.5 Å². The van der Waals surface area contributed by atoms with Gasteiger partial charge in [-0.25, -0.2) is 4.98 Å². The molecule has 2 nitrogen and oxygen atoms in total. The van der Waals surface area contributed by atoms with Crippen LogP contribution >= 0.6 is 11.3 Å². The van der Waals surface area contributed by atoms with E-state index < -0.39 is 0 Å². The molecule has 0 bridgehead atoms. The SMILES string of the molecule is Cc1cc(Cc2cccnc2N)cs1. The highest BCUT2D eigenvalue weighted by atomic mass is 32.1. The second-order valence-electron chi connectivity index (χ2n) is 3.29. The van der Waals surface area contributed by atoms with Gasteiger partial charge >= 0.3 is 0 Å². The highest BCUT2D eigenvalue weighted by Gasteiger charge is 2.02. The highest BCUT2D eigenvalue weighted by Crippen LogP contribution is 2.18. The van der Waals surface area contributed by atoms with Crippen molar-refractivity contribution in [3.8, 4) is 0 Å². The van der Waals surface area contributed by atoms with Crippen molar-refractivity contribution in [3.63, 3.8) is 0 Å². The number of hydrogen-bond donors (Lipinski definition) is 1. The van der Waals surface area contributed by atoms with Gasteiger partial charge in [0.25, 0.3) is 0 Å². The maximum Gasteiger partial charge on any atom is 0.126 e. The largest absolute Gasteiger partial charge is 0.383 e. The van der Waals surface area contributed by atoms with Crippen LogP contribution in [0.4, 0.5) is 5.82 Å². The Morgan fingerprint density at radius 1 is 1.50 bits per heavy atom. The summed E-state index contributed by atoms with van der Waals surface area (Å²) in [4.78, 5) is 5.40. The number of pyridine rings is 1. The second-order valence-corrected chi connectivity index (χ2v) is 4.41. The molecule has 0 unspecified atom stereocenters. The van der Waals surface area contributed by atoms with Gasteiger partial charge in [-0.15, -0.1) is 11.3 Å². The molecular formula is C11H12N2S. The van der Waals surface area contributed by atoms with E-state index in [2.05, 4.69) is 23.4 Å². The lowest BCUT2D eigenvalue weighted by Crippen LogP contribution is -1.97. The van der Waals surface area contributed by atoms with Crippen molar-refractivity contribution in [2.24, 2.45) is 0 Å². The van der Waals surface area contributed by atoms with E-state index in [1.165, 1.54) is 10.4 Å². The molecule has 0 aliphatic rings. The third-order valence-corrected chi connectivity index (χ3v) is 3.02. The lowest BCUT2D eigenvalue weighted by Gasteiger charge is -2.01. The third-order valence-electron chi connectivity index (χ3n) is 2.11. The lowest BCUT2D eigenvalue weighted by atomic mass is 10.1. The molecule has 72 valence electrons. The fourth-order valence-corrected chi connectivity index (χ4v) is 2.12. The molecule has 0 amide bonds. The summed E-state index contributed by atoms with van der Waals surface area (Å²) in [6.45, 7) is 2.11. The molecule has 2 N–H and O–H groups in total. The molecule has 0 radical (unpaired) electrons. The maximum absolute atomic E-state index is 5.77. The van der Waals surface area contributed by atoms with E-state index in [1.54, 1.807) is 17.5 Å². The molecule has 2 heterocycles. The van der Waals surface area contributed by atoms with Crippen LogP contribution in [0.15, 0.2) is 29.8 Å². The number of anilines is 1. The van der Waals surface area contributed by atoms with Gasteiger partial charge in [-0.1, -0.05) is 6.07 Å². The fraction of sp³-hybridized carbons (Fsp3) is 0.182. The van der Waals surface area contributed by atoms with Crippen LogP contribution in [-0.2, 0) is 6.42 Å². The van der Waals surface area contributed by atoms with Gasteiger partial charge in [0.2, 0.25) is 0 Å². The Morgan fingerprint density at radius 3 is 3.00 bits per heavy atom. The van der Waals surface area contributed by atoms with Crippen LogP contribution < -0.4 is 5.73 Å². The van der Waals surface area contributed by atoms with E-state index >= 15 is 0 Å². The first-order valence-corrected chi connectivity index (χ1v) is 5.37. The number of hydrogen-bond acceptors (Lipinski definition) is 3. The summed E-state index contributed by atoms with van der Waals surface area (Å²) >= 11 is 1.77. The zero-order valence-electron chi connectivity index (χ0n) is 8.03. The van der Waals surface area contributed by atoms with Crippen molar-refractivity contribution >= 4 is 17.2 Å². The molecule has 0 aliphatic heterocycles. The first-order valence-electron chi connectivity index (χ1n) is 4.49. The average molecular weight is 204 g/mol. The van der Waals surface area contributed by atoms with Crippen LogP contribution in [-0.4, -0.2) is 4.98 Å². The van der Waals surface area contributed by atoms with Crippen molar-refractivity contribution < 1.29 is 0 Å². The van der Waals surface area contributed by atoms with Gasteiger partial charge in [0.05, 0.1) is 0 Å². The number of nitrogens with two attached hydrogens (primary N) is 1. The molecule has 0 saturated carbocycles. The Morgan fingerprint density at radius 2 is 2.36 bits per heavy atom. The zero-order valence-corrected chi connectivity index (χ0v) is 8.84. The summed E-state index contributed by atoms with van der Waals surface area (Å²) in [5.74, 6) is 0.636. The molecule has 0 aromatic carbocycles. The lowest BCUT2D eigenvalue weighted by molar-refractivity contribution is 1.16. The molecule has 2 aromatic heterocycles. The molecule has 0 saturated heterocycles. The zero-order chi connectivity index (χ0) is 9.97. The van der Waals surface area contributed by atoms with Gasteiger partial charge < -0.3 is 5.73 Å². The van der Waals surface area contributed by atoms with Crippen LogP contribution in [0.2, 0.25) is 0 Å². The third kappa shape index (κ3) is 1.93. The van der Waals surface area contributed by atoms with Crippen LogP contribution in [0.1, 0.15) is 16.0 Å². The minimum absolute atomic E-state index is 0.636. The number of nitrogen functional groups attached to an aromatic ring is 1. The summed E-state index contributed by atoms with van der Waals surface area (Å²) in [5.41, 5.74) is 8.18. The molecule has 3 heteroatoms. The number of aromatic nitrogens is 1. The monoisotopic (exact) mass is 204 g/mol. The standard InChI is InChI=1S/C11H12N2S/c1-8-5-9(7-14-8)6-10-3-2-4-13-11(10)12/h2-5,7H,6H2,1H3,(H2,12,13). The molecule has 2 aromatic rings. The van der Waals surface area contributed by atoms with E-state index in [0.717, 1.165) is 12.0 Å². The molecule has 0 spiro atoms. The van der Waals surface area contributed by atoms with Crippen molar-refractivity contribution in [2.75, 3.05) is 5.73 Å². The predicted molar refractivity (Wildman–Crippen MR) is 60.5 cm³/mol. The molecule has 2 rings (SSSR count). The van der Waals surface area contributed by atoms with Gasteiger partial charge in [0.15, 0.2) is 0 Å². The molecule has 0 atom stereocenters. The molecular weight excluding hydrogens is 192 g/mol. The number of nitrogens with zero attached hydrogens (tertiary/aromatic N) is 1. The topological polar surface area (TPSA) is 38.9 Å². The predicted octanol–water partition coefficient (Wildman–Crippen LogP) is 2.62. The summed E-state index contributed by atoms with van der Waals surface area (Å²) < 4.78 is 0. The Labute approximate surface area is 87.4 Å². The van der Waals surface area contributed by atoms with E-state index in [-0.39, 0.29) is 0 Å². The van der Waals surface area contributed by atoms with Crippen molar-refractivity contribution in [1.82, 2.24) is 4.98 Å². The van der Waals surface area contributed by atoms with E-state index in [0.29, 0.717) is 5.82 Å². The summed E-state index contributed by atoms with van der Waals surface area (Å²) in [6, 6.07) is 6.14. The van der Waals surface area contributed by atoms with Crippen molar-refractivity contribution in [1.29, 1.82) is 0 Å². The van der Waals surface area contributed by atoms with Gasteiger partial charge in [-0.2, -0.15) is 0 Å². The quantitative estimate of drug-likeness (QED) is 0.816. The molecule has 0 aliphatic carbocycles. The van der Waals surface area contributed by atoms with Crippen LogP contribution in [0.25, 0.3) is 0 Å². The highest BCUT2D eigenvalue weighted by molar-refractivity contribution is 7.10. The van der Waals surface area contributed by atoms with Crippen LogP contribution in [0, 0.1) is 6.92 Å². The average Bonchev–Trinajstić information content (AvgIpc) is 2.56. The summed E-state index contributed by atoms with van der Waals surface area (Å²) in [7, 11) is 0. The minimum Gasteiger partial charge on any atom is -0.383 e. The second kappa shape index (κ2) is 3.80. The Bertz CT molecular complexity index is 434. The molecule has 14 heavy (non-hydrogen) atoms. The summed E-state index contributed by atoms with van der Waals surface area (Å²) in [6.07, 6.45) is 2.60. The number of rotatable bonds is 2. The maximum atomic E-state index is 5.77. The normalized spacial score (nSPS) is 10.4. The van der Waals surface area contributed by atoms with Gasteiger partial charge in [0.1, 0.15) is 5.82 Å². The van der Waals surface area contributed by atoms with Crippen molar-refractivity contribution in [2.45, 2.75) is 13.3 Å². The first kappa shape index (κ1) is 9.21. The Balaban J connectivity index is 2.23. The Hall–Kier alpha value is -1.35. The van der Waals surface area contributed by atoms with Crippen LogP contribution in [0.3, 0.4) is 0 Å². The van der Waals surface area contributed by atoms with Crippen molar-refractivity contribution in [3.05, 3.63) is 45.8 Å². The fourth-order valence-electron chi connectivity index (χ4n) is 1.41. The van der Waals surface area contributed by atoms with Gasteiger partial charge in [-0.05, 0) is 35.6 Å². The minimum atomic E-state index is 0.636. The smallest absolute Gasteiger partial charge is 0.126 e. The van der Waals surface area contributed by atoms with Crippen LogP contribution in [0.5, 0.6) is 0 Å². The van der Waals surface area contributed by atoms with E-state index in [1.807, 2.05) is 12.1 Å². The Kier molecular flexibility index (Phi) is 2.50. The van der Waals surface area contributed by atoms with E-state index in [9.17, 15) is 0 Å².